The van der Waals surface area contributed by atoms with Gasteiger partial charge in [-0.15, -0.1) is 11.8 Å². The summed E-state index contributed by atoms with van der Waals surface area (Å²) in [6, 6.07) is 10.4. The number of benzene rings is 1. The Morgan fingerprint density at radius 3 is 2.56 bits per heavy atom. The number of likely N-dealkylation sites (N-methyl/N-ethyl adjacent to an activating group) is 1. The number of thioether (sulfide) groups is 1. The molecule has 90 valence electrons. The predicted octanol–water partition coefficient (Wildman–Crippen LogP) is 2.53. The van der Waals surface area contributed by atoms with Crippen molar-refractivity contribution in [3.8, 4) is 0 Å². The first kappa shape index (κ1) is 13.6. The molecule has 0 aliphatic heterocycles. The van der Waals surface area contributed by atoms with Gasteiger partial charge >= 0.3 is 0 Å². The molecular formula is C13H21NOS. The van der Waals surface area contributed by atoms with Crippen LogP contribution in [0, 0.1) is 0 Å². The van der Waals surface area contributed by atoms with E-state index in [1.54, 1.807) is 11.8 Å². The number of hydrogen-bond donors (Lipinski definition) is 2. The summed E-state index contributed by atoms with van der Waals surface area (Å²) in [5.74, 6) is 0.746. The first-order chi connectivity index (χ1) is 7.77. The Hall–Kier alpha value is -0.510. The summed E-state index contributed by atoms with van der Waals surface area (Å²) in [7, 11) is 1.91. The first-order valence-electron chi connectivity index (χ1n) is 5.81. The van der Waals surface area contributed by atoms with Crippen LogP contribution in [-0.2, 0) is 0 Å². The minimum atomic E-state index is -0.282. The van der Waals surface area contributed by atoms with Crippen LogP contribution < -0.4 is 5.32 Å². The molecule has 1 rings (SSSR count). The van der Waals surface area contributed by atoms with Crippen LogP contribution in [0.4, 0.5) is 0 Å². The van der Waals surface area contributed by atoms with Gasteiger partial charge in [-0.05, 0) is 25.6 Å². The van der Waals surface area contributed by atoms with Gasteiger partial charge in [-0.25, -0.2) is 0 Å². The van der Waals surface area contributed by atoms with Crippen LogP contribution in [0.3, 0.4) is 0 Å². The van der Waals surface area contributed by atoms with E-state index in [1.807, 2.05) is 25.2 Å². The van der Waals surface area contributed by atoms with Crippen LogP contribution in [0.25, 0.3) is 0 Å². The number of aliphatic hydroxyl groups excluding tert-OH is 1. The molecule has 0 spiro atoms. The number of rotatable bonds is 7. The molecule has 0 aliphatic rings. The summed E-state index contributed by atoms with van der Waals surface area (Å²) in [5.41, 5.74) is 0. The lowest BCUT2D eigenvalue weighted by molar-refractivity contribution is 0.148. The Bertz CT molecular complexity index is 279. The summed E-state index contributed by atoms with van der Waals surface area (Å²) >= 11 is 1.71. The molecule has 0 bridgehead atoms. The van der Waals surface area contributed by atoms with Gasteiger partial charge in [0.25, 0.3) is 0 Å². The zero-order valence-corrected chi connectivity index (χ0v) is 10.8. The highest BCUT2D eigenvalue weighted by Crippen LogP contribution is 2.19. The van der Waals surface area contributed by atoms with Crippen LogP contribution in [0.5, 0.6) is 0 Å². The van der Waals surface area contributed by atoms with E-state index in [2.05, 4.69) is 24.4 Å². The fraction of sp³-hybridized carbons (Fsp3) is 0.538. The summed E-state index contributed by atoms with van der Waals surface area (Å²) in [4.78, 5) is 1.22. The van der Waals surface area contributed by atoms with Gasteiger partial charge in [-0.3, -0.25) is 0 Å². The lowest BCUT2D eigenvalue weighted by atomic mass is 10.1. The number of hydrogen-bond acceptors (Lipinski definition) is 3. The van der Waals surface area contributed by atoms with E-state index < -0.39 is 0 Å². The largest absolute Gasteiger partial charge is 0.391 e. The highest BCUT2D eigenvalue weighted by molar-refractivity contribution is 7.99. The third-order valence-corrected chi connectivity index (χ3v) is 3.71. The van der Waals surface area contributed by atoms with Crippen molar-refractivity contribution in [2.45, 2.75) is 36.8 Å². The Labute approximate surface area is 102 Å². The fourth-order valence-electron chi connectivity index (χ4n) is 1.65. The fourth-order valence-corrected chi connectivity index (χ4v) is 2.60. The van der Waals surface area contributed by atoms with Crippen molar-refractivity contribution >= 4 is 11.8 Å². The normalized spacial score (nSPS) is 14.7. The van der Waals surface area contributed by atoms with Crippen molar-refractivity contribution in [3.63, 3.8) is 0 Å². The van der Waals surface area contributed by atoms with Crippen LogP contribution in [0.1, 0.15) is 19.8 Å². The van der Waals surface area contributed by atoms with Crippen molar-refractivity contribution < 1.29 is 5.11 Å². The summed E-state index contributed by atoms with van der Waals surface area (Å²) in [6.45, 7) is 2.14. The molecule has 0 radical (unpaired) electrons. The molecule has 3 heteroatoms. The second kappa shape index (κ2) is 7.71. The predicted molar refractivity (Wildman–Crippen MR) is 70.9 cm³/mol. The molecule has 0 aliphatic carbocycles. The molecule has 16 heavy (non-hydrogen) atoms. The zero-order chi connectivity index (χ0) is 11.8. The van der Waals surface area contributed by atoms with E-state index in [9.17, 15) is 5.11 Å². The van der Waals surface area contributed by atoms with Crippen molar-refractivity contribution in [2.75, 3.05) is 12.8 Å². The van der Waals surface area contributed by atoms with E-state index in [0.29, 0.717) is 0 Å². The third-order valence-electron chi connectivity index (χ3n) is 2.60. The van der Waals surface area contributed by atoms with E-state index in [1.165, 1.54) is 4.90 Å². The van der Waals surface area contributed by atoms with Crippen LogP contribution in [0.2, 0.25) is 0 Å². The van der Waals surface area contributed by atoms with Gasteiger partial charge < -0.3 is 10.4 Å². The monoisotopic (exact) mass is 239 g/mol. The molecule has 2 unspecified atom stereocenters. The van der Waals surface area contributed by atoms with Gasteiger partial charge in [0.2, 0.25) is 0 Å². The van der Waals surface area contributed by atoms with Gasteiger partial charge in [0.05, 0.1) is 6.10 Å². The topological polar surface area (TPSA) is 32.3 Å². The lowest BCUT2D eigenvalue weighted by Gasteiger charge is -2.21. The van der Waals surface area contributed by atoms with Crippen molar-refractivity contribution in [1.29, 1.82) is 0 Å². The van der Waals surface area contributed by atoms with Gasteiger partial charge in [-0.1, -0.05) is 31.5 Å². The minimum absolute atomic E-state index is 0.209. The maximum Gasteiger partial charge on any atom is 0.0786 e. The summed E-state index contributed by atoms with van der Waals surface area (Å²) in [5, 5.41) is 13.2. The Kier molecular flexibility index (Phi) is 6.53. The molecule has 0 saturated heterocycles. The highest BCUT2D eigenvalue weighted by Gasteiger charge is 2.16. The second-order valence-corrected chi connectivity index (χ2v) is 4.97. The summed E-state index contributed by atoms with van der Waals surface area (Å²) < 4.78 is 0. The molecule has 0 fully saturated rings. The first-order valence-corrected chi connectivity index (χ1v) is 6.79. The molecule has 0 amide bonds. The smallest absolute Gasteiger partial charge is 0.0786 e. The number of nitrogens with one attached hydrogen (secondary N) is 1. The SMILES string of the molecule is CCCC(NC)C(O)CSc1ccccc1. The molecule has 2 nitrogen and oxygen atoms in total. The summed E-state index contributed by atoms with van der Waals surface area (Å²) in [6.07, 6.45) is 1.83. The van der Waals surface area contributed by atoms with Crippen LogP contribution in [-0.4, -0.2) is 30.1 Å². The molecule has 1 aromatic carbocycles. The Morgan fingerprint density at radius 2 is 2.00 bits per heavy atom. The Morgan fingerprint density at radius 1 is 1.31 bits per heavy atom. The molecule has 0 saturated carbocycles. The average Bonchev–Trinajstić information content (AvgIpc) is 2.34. The van der Waals surface area contributed by atoms with Crippen molar-refractivity contribution in [2.24, 2.45) is 0 Å². The third kappa shape index (κ3) is 4.56. The van der Waals surface area contributed by atoms with Crippen LogP contribution >= 0.6 is 11.8 Å². The van der Waals surface area contributed by atoms with E-state index >= 15 is 0 Å². The minimum Gasteiger partial charge on any atom is -0.391 e. The molecule has 0 aromatic heterocycles. The van der Waals surface area contributed by atoms with Crippen LogP contribution in [0.15, 0.2) is 35.2 Å². The van der Waals surface area contributed by atoms with Crippen molar-refractivity contribution in [1.82, 2.24) is 5.32 Å². The van der Waals surface area contributed by atoms with Crippen molar-refractivity contribution in [3.05, 3.63) is 30.3 Å². The van der Waals surface area contributed by atoms with Gasteiger partial charge in [-0.2, -0.15) is 0 Å². The maximum absolute atomic E-state index is 10.0. The molecular weight excluding hydrogens is 218 g/mol. The lowest BCUT2D eigenvalue weighted by Crippen LogP contribution is -2.38. The standard InChI is InChI=1S/C13H21NOS/c1-3-7-12(14-2)13(15)10-16-11-8-5-4-6-9-11/h4-6,8-9,12-15H,3,7,10H2,1-2H3. The van der Waals surface area contributed by atoms with Gasteiger partial charge in [0.1, 0.15) is 0 Å². The zero-order valence-electron chi connectivity index (χ0n) is 10.0. The average molecular weight is 239 g/mol. The van der Waals surface area contributed by atoms with Gasteiger partial charge in [0, 0.05) is 16.7 Å². The maximum atomic E-state index is 10.0. The number of aliphatic hydroxyl groups is 1. The highest BCUT2D eigenvalue weighted by atomic mass is 32.2. The van der Waals surface area contributed by atoms with E-state index in [4.69, 9.17) is 0 Å². The quantitative estimate of drug-likeness (QED) is 0.717. The molecule has 1 aromatic rings. The molecule has 2 N–H and O–H groups in total. The second-order valence-electron chi connectivity index (χ2n) is 3.88. The van der Waals surface area contributed by atoms with E-state index in [-0.39, 0.29) is 12.1 Å². The molecule has 2 atom stereocenters. The Balaban J connectivity index is 2.36. The van der Waals surface area contributed by atoms with E-state index in [0.717, 1.165) is 18.6 Å². The van der Waals surface area contributed by atoms with Gasteiger partial charge in [0.15, 0.2) is 0 Å². The molecule has 0 heterocycles.